The average molecular weight is 400 g/mol. The van der Waals surface area contributed by atoms with Gasteiger partial charge in [0, 0.05) is 44.7 Å². The van der Waals surface area contributed by atoms with Crippen molar-refractivity contribution in [1.29, 1.82) is 0 Å². The molecular formula is C17H23F3N6S. The molecule has 0 radical (unpaired) electrons. The molecule has 0 bridgehead atoms. The second-order valence-electron chi connectivity index (χ2n) is 5.74. The van der Waals surface area contributed by atoms with Crippen molar-refractivity contribution in [3.05, 3.63) is 40.0 Å². The Morgan fingerprint density at radius 1 is 1.19 bits per heavy atom. The molecule has 2 aromatic rings. The van der Waals surface area contributed by atoms with Crippen molar-refractivity contribution in [3.63, 3.8) is 0 Å². The van der Waals surface area contributed by atoms with Crippen molar-refractivity contribution in [2.45, 2.75) is 25.9 Å². The number of aryl methyl sites for hydroxylation is 1. The van der Waals surface area contributed by atoms with Crippen LogP contribution in [-0.4, -0.2) is 42.6 Å². The molecule has 0 saturated heterocycles. The number of anilines is 1. The Morgan fingerprint density at radius 2 is 1.96 bits per heavy atom. The fraction of sp³-hybridized carbons (Fsp3) is 0.471. The number of alkyl halides is 3. The largest absolute Gasteiger partial charge is 0.417 e. The van der Waals surface area contributed by atoms with Gasteiger partial charge in [-0.2, -0.15) is 13.2 Å². The third-order valence-electron chi connectivity index (χ3n) is 3.61. The third-order valence-corrected chi connectivity index (χ3v) is 4.43. The van der Waals surface area contributed by atoms with Gasteiger partial charge in [0.2, 0.25) is 0 Å². The third kappa shape index (κ3) is 7.41. The number of hydrogen-bond donors (Lipinski definition) is 3. The van der Waals surface area contributed by atoms with Gasteiger partial charge in [0.15, 0.2) is 5.96 Å². The van der Waals surface area contributed by atoms with Crippen LogP contribution in [0.1, 0.15) is 22.7 Å². The molecule has 2 rings (SSSR count). The molecule has 0 saturated carbocycles. The lowest BCUT2D eigenvalue weighted by molar-refractivity contribution is -0.137. The number of rotatable bonds is 8. The van der Waals surface area contributed by atoms with E-state index in [1.165, 1.54) is 6.07 Å². The van der Waals surface area contributed by atoms with Gasteiger partial charge in [-0.1, -0.05) is 0 Å². The van der Waals surface area contributed by atoms with E-state index in [0.717, 1.165) is 42.4 Å². The summed E-state index contributed by atoms with van der Waals surface area (Å²) in [7, 11) is 1.70. The number of nitrogens with one attached hydrogen (secondary N) is 3. The zero-order valence-corrected chi connectivity index (χ0v) is 16.0. The molecule has 0 fully saturated rings. The number of pyridine rings is 1. The number of guanidine groups is 1. The highest BCUT2D eigenvalue weighted by Crippen LogP contribution is 2.28. The fourth-order valence-electron chi connectivity index (χ4n) is 2.23. The summed E-state index contributed by atoms with van der Waals surface area (Å²) in [5.74, 6) is 1.12. The molecular weight excluding hydrogens is 377 g/mol. The number of halogens is 3. The van der Waals surface area contributed by atoms with Crippen LogP contribution < -0.4 is 16.0 Å². The first-order valence-electron chi connectivity index (χ1n) is 8.51. The first-order chi connectivity index (χ1) is 12.9. The van der Waals surface area contributed by atoms with Crippen LogP contribution in [0.4, 0.5) is 19.0 Å². The maximum atomic E-state index is 12.5. The molecule has 0 aromatic carbocycles. The van der Waals surface area contributed by atoms with Gasteiger partial charge in [-0.05, 0) is 25.5 Å². The molecule has 0 aliphatic heterocycles. The average Bonchev–Trinajstić information content (AvgIpc) is 3.04. The van der Waals surface area contributed by atoms with Crippen LogP contribution in [0.2, 0.25) is 0 Å². The van der Waals surface area contributed by atoms with Crippen molar-refractivity contribution >= 4 is 23.1 Å². The minimum atomic E-state index is -4.36. The standard InChI is InChI=1S/C17H23F3N6S/c1-12-26-14(11-27-12)6-9-24-16(21-2)23-8-3-7-22-15-5-4-13(10-25-15)17(18,19)20/h4-5,10-11H,3,6-9H2,1-2H3,(H,22,25)(H2,21,23,24). The monoisotopic (exact) mass is 400 g/mol. The van der Waals surface area contributed by atoms with E-state index in [4.69, 9.17) is 0 Å². The van der Waals surface area contributed by atoms with Crippen LogP contribution in [0.5, 0.6) is 0 Å². The topological polar surface area (TPSA) is 74.2 Å². The minimum Gasteiger partial charge on any atom is -0.370 e. The lowest BCUT2D eigenvalue weighted by atomic mass is 10.3. The van der Waals surface area contributed by atoms with E-state index < -0.39 is 11.7 Å². The summed E-state index contributed by atoms with van der Waals surface area (Å²) < 4.78 is 37.4. The van der Waals surface area contributed by atoms with E-state index in [2.05, 4.69) is 30.9 Å². The molecule has 10 heteroatoms. The Labute approximate surface area is 160 Å². The maximum absolute atomic E-state index is 12.5. The Morgan fingerprint density at radius 3 is 2.56 bits per heavy atom. The molecule has 0 unspecified atom stereocenters. The molecule has 0 atom stereocenters. The van der Waals surface area contributed by atoms with Gasteiger partial charge in [0.25, 0.3) is 0 Å². The Kier molecular flexibility index (Phi) is 7.83. The summed E-state index contributed by atoms with van der Waals surface area (Å²) in [6.07, 6.45) is -1.95. The van der Waals surface area contributed by atoms with E-state index >= 15 is 0 Å². The molecule has 148 valence electrons. The summed E-state index contributed by atoms with van der Waals surface area (Å²) >= 11 is 1.64. The van der Waals surface area contributed by atoms with Gasteiger partial charge >= 0.3 is 6.18 Å². The van der Waals surface area contributed by atoms with Crippen LogP contribution in [0.3, 0.4) is 0 Å². The number of aromatic nitrogens is 2. The Bertz CT molecular complexity index is 727. The second kappa shape index (κ2) is 10.1. The first kappa shape index (κ1) is 20.9. The smallest absolute Gasteiger partial charge is 0.370 e. The highest BCUT2D eigenvalue weighted by molar-refractivity contribution is 7.09. The summed E-state index contributed by atoms with van der Waals surface area (Å²) in [5.41, 5.74) is 0.311. The SMILES string of the molecule is CN=C(NCCCNc1ccc(C(F)(F)F)cn1)NCCc1csc(C)n1. The van der Waals surface area contributed by atoms with Crippen molar-refractivity contribution in [3.8, 4) is 0 Å². The van der Waals surface area contributed by atoms with Gasteiger partial charge < -0.3 is 16.0 Å². The van der Waals surface area contributed by atoms with Crippen LogP contribution in [0, 0.1) is 6.92 Å². The molecule has 3 N–H and O–H groups in total. The van der Waals surface area contributed by atoms with Crippen LogP contribution in [0.15, 0.2) is 28.7 Å². The lowest BCUT2D eigenvalue weighted by Gasteiger charge is -2.12. The van der Waals surface area contributed by atoms with Gasteiger partial charge in [-0.15, -0.1) is 11.3 Å². The Balaban J connectivity index is 1.60. The van der Waals surface area contributed by atoms with E-state index in [1.54, 1.807) is 18.4 Å². The van der Waals surface area contributed by atoms with E-state index in [1.807, 2.05) is 12.3 Å². The predicted octanol–water partition coefficient (Wildman–Crippen LogP) is 3.08. The van der Waals surface area contributed by atoms with E-state index in [0.29, 0.717) is 24.9 Å². The lowest BCUT2D eigenvalue weighted by Crippen LogP contribution is -2.39. The van der Waals surface area contributed by atoms with Crippen LogP contribution in [0.25, 0.3) is 0 Å². The van der Waals surface area contributed by atoms with E-state index in [-0.39, 0.29) is 0 Å². The molecule has 6 nitrogen and oxygen atoms in total. The summed E-state index contributed by atoms with van der Waals surface area (Å²) in [4.78, 5) is 12.3. The fourth-order valence-corrected chi connectivity index (χ4v) is 2.88. The number of aliphatic imine (C=N–C) groups is 1. The second-order valence-corrected chi connectivity index (χ2v) is 6.81. The van der Waals surface area contributed by atoms with Crippen molar-refractivity contribution in [1.82, 2.24) is 20.6 Å². The summed E-state index contributed by atoms with van der Waals surface area (Å²) in [6.45, 7) is 3.97. The number of thiazole rings is 1. The Hall–Kier alpha value is -2.36. The predicted molar refractivity (Wildman–Crippen MR) is 102 cm³/mol. The molecule has 0 aliphatic rings. The van der Waals surface area contributed by atoms with Crippen LogP contribution in [-0.2, 0) is 12.6 Å². The summed E-state index contributed by atoms with van der Waals surface area (Å²) in [6, 6.07) is 2.35. The van der Waals surface area contributed by atoms with E-state index in [9.17, 15) is 13.2 Å². The van der Waals surface area contributed by atoms with Crippen molar-refractivity contribution in [2.24, 2.45) is 4.99 Å². The van der Waals surface area contributed by atoms with Gasteiger partial charge in [-0.25, -0.2) is 9.97 Å². The molecule has 2 aromatic heterocycles. The molecule has 0 spiro atoms. The highest BCUT2D eigenvalue weighted by atomic mass is 32.1. The van der Waals surface area contributed by atoms with Gasteiger partial charge in [-0.3, -0.25) is 4.99 Å². The minimum absolute atomic E-state index is 0.420. The molecule has 0 aliphatic carbocycles. The van der Waals surface area contributed by atoms with Crippen molar-refractivity contribution < 1.29 is 13.2 Å². The molecule has 2 heterocycles. The van der Waals surface area contributed by atoms with Crippen molar-refractivity contribution in [2.75, 3.05) is 32.0 Å². The quantitative estimate of drug-likeness (QED) is 0.361. The molecule has 27 heavy (non-hydrogen) atoms. The summed E-state index contributed by atoms with van der Waals surface area (Å²) in [5, 5.41) is 12.5. The first-order valence-corrected chi connectivity index (χ1v) is 9.39. The zero-order chi connectivity index (χ0) is 19.7. The number of hydrogen-bond acceptors (Lipinski definition) is 5. The molecule has 0 amide bonds. The van der Waals surface area contributed by atoms with Crippen LogP contribution >= 0.6 is 11.3 Å². The highest BCUT2D eigenvalue weighted by Gasteiger charge is 2.30. The zero-order valence-electron chi connectivity index (χ0n) is 15.2. The van der Waals surface area contributed by atoms with Gasteiger partial charge in [0.1, 0.15) is 5.82 Å². The number of nitrogens with zero attached hydrogens (tertiary/aromatic N) is 3. The normalized spacial score (nSPS) is 12.1. The van der Waals surface area contributed by atoms with Gasteiger partial charge in [0.05, 0.1) is 16.3 Å². The maximum Gasteiger partial charge on any atom is 0.417 e.